The van der Waals surface area contributed by atoms with Gasteiger partial charge < -0.3 is 10.2 Å². The zero-order valence-electron chi connectivity index (χ0n) is 18.7. The minimum atomic E-state index is -4.50. The van der Waals surface area contributed by atoms with Crippen LogP contribution < -0.4 is 10.2 Å². The number of nitrogens with zero attached hydrogens (tertiary/aromatic N) is 4. The number of nitrogens with one attached hydrogen (secondary N) is 1. The van der Waals surface area contributed by atoms with E-state index in [1.165, 1.54) is 12.3 Å². The monoisotopic (exact) mass is 505 g/mol. The summed E-state index contributed by atoms with van der Waals surface area (Å²) in [6.07, 6.45) is -1.06. The molecule has 0 saturated heterocycles. The first-order valence-electron chi connectivity index (χ1n) is 10.8. The highest BCUT2D eigenvalue weighted by Crippen LogP contribution is 2.29. The van der Waals surface area contributed by atoms with Crippen LogP contribution in [0.25, 0.3) is 0 Å². The van der Waals surface area contributed by atoms with E-state index in [0.717, 1.165) is 23.5 Å². The van der Waals surface area contributed by atoms with Crippen molar-refractivity contribution in [2.24, 2.45) is 0 Å². The molecule has 0 atom stereocenters. The number of benzene rings is 1. The predicted molar refractivity (Wildman–Crippen MR) is 121 cm³/mol. The lowest BCUT2D eigenvalue weighted by molar-refractivity contribution is -0.138. The first kappa shape index (κ1) is 24.6. The Hall–Kier alpha value is -3.54. The van der Waals surface area contributed by atoms with Gasteiger partial charge in [-0.1, -0.05) is 13.0 Å². The SMILES string of the molecule is CCS(=O)(=O)c1ccc(CNC(=O)c2ccc3c(c2)CN(c2ncc(C(F)(F)F)cn2)CC3)nc1. The molecule has 1 aliphatic rings. The van der Waals surface area contributed by atoms with Crippen LogP contribution in [0.5, 0.6) is 0 Å². The molecule has 1 aromatic carbocycles. The number of alkyl halides is 3. The average Bonchev–Trinajstić information content (AvgIpc) is 2.86. The van der Waals surface area contributed by atoms with Crippen LogP contribution in [0.3, 0.4) is 0 Å². The highest BCUT2D eigenvalue weighted by Gasteiger charge is 2.32. The Morgan fingerprint density at radius 1 is 1.06 bits per heavy atom. The van der Waals surface area contributed by atoms with E-state index in [9.17, 15) is 26.4 Å². The summed E-state index contributed by atoms with van der Waals surface area (Å²) in [6, 6.07) is 8.33. The van der Waals surface area contributed by atoms with E-state index >= 15 is 0 Å². The fraction of sp³-hybridized carbons (Fsp3) is 0.304. The van der Waals surface area contributed by atoms with Gasteiger partial charge in [0, 0.05) is 37.2 Å². The average molecular weight is 506 g/mol. The summed E-state index contributed by atoms with van der Waals surface area (Å²) >= 11 is 0. The minimum Gasteiger partial charge on any atom is -0.346 e. The summed E-state index contributed by atoms with van der Waals surface area (Å²) in [4.78, 5) is 26.4. The zero-order valence-corrected chi connectivity index (χ0v) is 19.5. The Balaban J connectivity index is 1.42. The predicted octanol–water partition coefficient (Wildman–Crippen LogP) is 3.18. The molecule has 4 rings (SSSR count). The van der Waals surface area contributed by atoms with Gasteiger partial charge in [0.05, 0.1) is 28.5 Å². The van der Waals surface area contributed by atoms with Crippen LogP contribution in [0.2, 0.25) is 0 Å². The van der Waals surface area contributed by atoms with Crippen molar-refractivity contribution in [3.05, 3.63) is 76.9 Å². The van der Waals surface area contributed by atoms with Gasteiger partial charge in [0.1, 0.15) is 0 Å². The standard InChI is InChI=1S/C23H22F3N5O3S/c1-2-35(33,34)20-6-5-19(27-13-20)12-28-21(32)16-4-3-15-7-8-31(14-17(15)9-16)22-29-10-18(11-30-22)23(24,25)26/h3-6,9-11,13H,2,7-8,12,14H2,1H3,(H,28,32). The van der Waals surface area contributed by atoms with Crippen molar-refractivity contribution in [3.63, 3.8) is 0 Å². The number of carbonyl (C=O) groups excluding carboxylic acids is 1. The Kier molecular flexibility index (Phi) is 6.75. The fourth-order valence-electron chi connectivity index (χ4n) is 3.64. The maximum Gasteiger partial charge on any atom is 0.419 e. The molecule has 1 aliphatic heterocycles. The third-order valence-corrected chi connectivity index (χ3v) is 7.42. The van der Waals surface area contributed by atoms with Crippen molar-refractivity contribution in [2.45, 2.75) is 37.5 Å². The first-order valence-corrected chi connectivity index (χ1v) is 12.4. The molecule has 1 amide bonds. The molecule has 2 aromatic heterocycles. The number of pyridine rings is 1. The lowest BCUT2D eigenvalue weighted by Crippen LogP contribution is -2.32. The van der Waals surface area contributed by atoms with E-state index < -0.39 is 21.6 Å². The lowest BCUT2D eigenvalue weighted by Gasteiger charge is -2.29. The van der Waals surface area contributed by atoms with Gasteiger partial charge in [-0.05, 0) is 41.8 Å². The van der Waals surface area contributed by atoms with Gasteiger partial charge in [-0.15, -0.1) is 0 Å². The molecule has 0 unspecified atom stereocenters. The fourth-order valence-corrected chi connectivity index (χ4v) is 4.46. The molecule has 0 saturated carbocycles. The second-order valence-corrected chi connectivity index (χ2v) is 10.3. The molecule has 0 fully saturated rings. The van der Waals surface area contributed by atoms with E-state index in [1.54, 1.807) is 30.0 Å². The Bertz CT molecular complexity index is 1330. The molecule has 0 aliphatic carbocycles. The molecule has 3 aromatic rings. The molecule has 3 heterocycles. The maximum absolute atomic E-state index is 12.8. The highest BCUT2D eigenvalue weighted by atomic mass is 32.2. The van der Waals surface area contributed by atoms with Crippen LogP contribution in [0.15, 0.2) is 53.8 Å². The Labute approximate surface area is 200 Å². The Morgan fingerprint density at radius 3 is 2.43 bits per heavy atom. The van der Waals surface area contributed by atoms with Gasteiger partial charge in [-0.3, -0.25) is 9.78 Å². The minimum absolute atomic E-state index is 0.0223. The number of hydrogen-bond donors (Lipinski definition) is 1. The van der Waals surface area contributed by atoms with Gasteiger partial charge in [-0.2, -0.15) is 13.2 Å². The van der Waals surface area contributed by atoms with Crippen LogP contribution in [0, 0.1) is 0 Å². The molecule has 8 nitrogen and oxygen atoms in total. The molecular weight excluding hydrogens is 483 g/mol. The largest absolute Gasteiger partial charge is 0.419 e. The number of rotatable bonds is 6. The molecular formula is C23H22F3N5O3S. The smallest absolute Gasteiger partial charge is 0.346 e. The summed E-state index contributed by atoms with van der Waals surface area (Å²) in [6.45, 7) is 2.57. The van der Waals surface area contributed by atoms with E-state index in [2.05, 4.69) is 20.3 Å². The van der Waals surface area contributed by atoms with Crippen molar-refractivity contribution in [2.75, 3.05) is 17.2 Å². The third kappa shape index (κ3) is 5.59. The highest BCUT2D eigenvalue weighted by molar-refractivity contribution is 7.91. The van der Waals surface area contributed by atoms with Gasteiger partial charge in [0.15, 0.2) is 9.84 Å². The zero-order chi connectivity index (χ0) is 25.2. The maximum atomic E-state index is 12.8. The molecule has 184 valence electrons. The number of halogens is 3. The number of anilines is 1. The van der Waals surface area contributed by atoms with Crippen LogP contribution in [-0.2, 0) is 35.5 Å². The summed E-state index contributed by atoms with van der Waals surface area (Å²) in [5.41, 5.74) is 1.92. The van der Waals surface area contributed by atoms with E-state index in [4.69, 9.17) is 0 Å². The second-order valence-electron chi connectivity index (χ2n) is 8.00. The van der Waals surface area contributed by atoms with Crippen LogP contribution in [-0.4, -0.2) is 41.6 Å². The van der Waals surface area contributed by atoms with Crippen molar-refractivity contribution in [1.82, 2.24) is 20.3 Å². The lowest BCUT2D eigenvalue weighted by atomic mass is 9.97. The van der Waals surface area contributed by atoms with Gasteiger partial charge >= 0.3 is 6.18 Å². The molecule has 0 radical (unpaired) electrons. The van der Waals surface area contributed by atoms with Crippen molar-refractivity contribution in [3.8, 4) is 0 Å². The summed E-state index contributed by atoms with van der Waals surface area (Å²) in [5, 5.41) is 2.76. The van der Waals surface area contributed by atoms with Crippen LogP contribution >= 0.6 is 0 Å². The van der Waals surface area contributed by atoms with Gasteiger partial charge in [0.25, 0.3) is 5.91 Å². The molecule has 1 N–H and O–H groups in total. The van der Waals surface area contributed by atoms with Crippen LogP contribution in [0.1, 0.15) is 39.7 Å². The number of aromatic nitrogens is 3. The molecule has 12 heteroatoms. The number of amides is 1. The molecule has 0 bridgehead atoms. The van der Waals surface area contributed by atoms with Crippen molar-refractivity contribution >= 4 is 21.7 Å². The first-order chi connectivity index (χ1) is 16.6. The topological polar surface area (TPSA) is 105 Å². The quantitative estimate of drug-likeness (QED) is 0.549. The van der Waals surface area contributed by atoms with Crippen LogP contribution in [0.4, 0.5) is 19.1 Å². The molecule has 35 heavy (non-hydrogen) atoms. The number of carbonyl (C=O) groups is 1. The Morgan fingerprint density at radius 2 is 1.80 bits per heavy atom. The van der Waals surface area contributed by atoms with E-state index in [-0.39, 0.29) is 29.0 Å². The van der Waals surface area contributed by atoms with Crippen molar-refractivity contribution < 1.29 is 26.4 Å². The summed E-state index contributed by atoms with van der Waals surface area (Å²) < 4.78 is 62.1. The third-order valence-electron chi connectivity index (χ3n) is 5.70. The van der Waals surface area contributed by atoms with E-state index in [1.807, 2.05) is 6.07 Å². The van der Waals surface area contributed by atoms with Crippen molar-refractivity contribution in [1.29, 1.82) is 0 Å². The summed E-state index contributed by atoms with van der Waals surface area (Å²) in [7, 11) is -3.34. The number of fused-ring (bicyclic) bond motifs is 1. The second kappa shape index (κ2) is 9.61. The summed E-state index contributed by atoms with van der Waals surface area (Å²) in [5.74, 6) is -0.160. The van der Waals surface area contributed by atoms with Gasteiger partial charge in [0.2, 0.25) is 5.95 Å². The number of hydrogen-bond acceptors (Lipinski definition) is 7. The normalized spacial score (nSPS) is 13.9. The number of sulfone groups is 1. The van der Waals surface area contributed by atoms with Gasteiger partial charge in [-0.25, -0.2) is 18.4 Å². The van der Waals surface area contributed by atoms with E-state index in [0.29, 0.717) is 30.8 Å². The molecule has 0 spiro atoms.